The van der Waals surface area contributed by atoms with E-state index in [1.54, 1.807) is 45.0 Å². The number of carbonyl (C=O) groups excluding carboxylic acids is 1. The van der Waals surface area contributed by atoms with Crippen molar-refractivity contribution in [3.05, 3.63) is 28.7 Å². The van der Waals surface area contributed by atoms with E-state index < -0.39 is 23.0 Å². The fourth-order valence-electron chi connectivity index (χ4n) is 1.17. The Balaban J connectivity index is 3.09. The molecule has 100 valence electrons. The third-order valence-corrected chi connectivity index (χ3v) is 3.12. The Morgan fingerprint density at radius 2 is 1.94 bits per heavy atom. The number of hydrogen-bond acceptors (Lipinski definition) is 3. The van der Waals surface area contributed by atoms with Crippen LogP contribution < -0.4 is 4.31 Å². The van der Waals surface area contributed by atoms with Crippen LogP contribution in [0.1, 0.15) is 20.8 Å². The molecule has 0 radical (unpaired) electrons. The van der Waals surface area contributed by atoms with E-state index in [9.17, 15) is 13.6 Å². The molecular weight excluding hydrogens is 322 g/mol. The summed E-state index contributed by atoms with van der Waals surface area (Å²) in [6.45, 7) is 5.05. The Hall–Kier alpha value is -0.920. The van der Waals surface area contributed by atoms with Crippen molar-refractivity contribution in [2.24, 2.45) is 0 Å². The topological polar surface area (TPSA) is 66.8 Å². The highest BCUT2D eigenvalue weighted by Crippen LogP contribution is 2.28. The SMILES string of the molecule is CC(C)(C)OC(=O)N(c1ccccc1Br)S(=O)O. The van der Waals surface area contributed by atoms with Gasteiger partial charge in [0.2, 0.25) is 0 Å². The standard InChI is InChI=1S/C11H14BrNO4S/c1-11(2,3)17-10(14)13(18(15)16)9-7-5-4-6-8(9)12/h4-7H,1-3H3,(H,15,16). The van der Waals surface area contributed by atoms with Crippen molar-refractivity contribution in [2.45, 2.75) is 26.4 Å². The highest BCUT2D eigenvalue weighted by molar-refractivity contribution is 9.10. The molecule has 1 aromatic carbocycles. The smallest absolute Gasteiger partial charge is 0.428 e. The van der Waals surface area contributed by atoms with E-state index in [-0.39, 0.29) is 5.69 Å². The summed E-state index contributed by atoms with van der Waals surface area (Å²) in [5, 5.41) is 0. The molecule has 1 aromatic rings. The van der Waals surface area contributed by atoms with Crippen molar-refractivity contribution in [2.75, 3.05) is 4.31 Å². The van der Waals surface area contributed by atoms with E-state index in [0.717, 1.165) is 0 Å². The van der Waals surface area contributed by atoms with Gasteiger partial charge in [0.1, 0.15) is 5.60 Å². The molecule has 0 saturated carbocycles. The zero-order valence-corrected chi connectivity index (χ0v) is 12.6. The first kappa shape index (κ1) is 15.1. The van der Waals surface area contributed by atoms with Gasteiger partial charge in [0, 0.05) is 4.47 Å². The molecule has 0 saturated heterocycles. The van der Waals surface area contributed by atoms with E-state index in [1.165, 1.54) is 0 Å². The van der Waals surface area contributed by atoms with Crippen molar-refractivity contribution in [1.82, 2.24) is 0 Å². The van der Waals surface area contributed by atoms with E-state index in [0.29, 0.717) is 8.78 Å². The van der Waals surface area contributed by atoms with Crippen LogP contribution in [0.5, 0.6) is 0 Å². The maximum Gasteiger partial charge on any atom is 0.428 e. The van der Waals surface area contributed by atoms with Crippen molar-refractivity contribution in [3.8, 4) is 0 Å². The maximum absolute atomic E-state index is 11.9. The molecule has 0 aliphatic carbocycles. The molecule has 0 heterocycles. The summed E-state index contributed by atoms with van der Waals surface area (Å²) >= 11 is 0.718. The maximum atomic E-state index is 11.9. The van der Waals surface area contributed by atoms with Gasteiger partial charge in [-0.3, -0.25) is 4.55 Å². The summed E-state index contributed by atoms with van der Waals surface area (Å²) in [5.74, 6) is 0. The number of para-hydroxylation sites is 1. The van der Waals surface area contributed by atoms with Crippen LogP contribution in [0.15, 0.2) is 28.7 Å². The summed E-state index contributed by atoms with van der Waals surface area (Å²) < 4.78 is 26.8. The number of anilines is 1. The average Bonchev–Trinajstić information content (AvgIpc) is 2.17. The molecule has 0 fully saturated rings. The van der Waals surface area contributed by atoms with Crippen LogP contribution in [0.2, 0.25) is 0 Å². The molecule has 0 aromatic heterocycles. The van der Waals surface area contributed by atoms with Gasteiger partial charge < -0.3 is 4.74 Å². The molecule has 1 amide bonds. The van der Waals surface area contributed by atoms with Gasteiger partial charge in [-0.2, -0.15) is 4.31 Å². The monoisotopic (exact) mass is 335 g/mol. The lowest BCUT2D eigenvalue weighted by Gasteiger charge is -2.25. The summed E-state index contributed by atoms with van der Waals surface area (Å²) in [7, 11) is 0. The Labute approximate surface area is 117 Å². The third kappa shape index (κ3) is 4.08. The van der Waals surface area contributed by atoms with Gasteiger partial charge in [0.05, 0.1) is 5.69 Å². The normalized spacial score (nSPS) is 12.9. The van der Waals surface area contributed by atoms with Crippen LogP contribution in [0.3, 0.4) is 0 Å². The van der Waals surface area contributed by atoms with E-state index in [4.69, 9.17) is 4.74 Å². The van der Waals surface area contributed by atoms with Crippen LogP contribution >= 0.6 is 15.9 Å². The number of nitrogens with zero attached hydrogens (tertiary/aromatic N) is 1. The molecule has 0 aliphatic rings. The van der Waals surface area contributed by atoms with Crippen LogP contribution in [-0.2, 0) is 16.0 Å². The minimum Gasteiger partial charge on any atom is -0.443 e. The highest BCUT2D eigenvalue weighted by atomic mass is 79.9. The molecule has 5 nitrogen and oxygen atoms in total. The van der Waals surface area contributed by atoms with E-state index >= 15 is 0 Å². The molecule has 18 heavy (non-hydrogen) atoms. The largest absolute Gasteiger partial charge is 0.443 e. The molecular formula is C11H14BrNO4S. The molecule has 1 rings (SSSR count). The number of halogens is 1. The predicted octanol–water partition coefficient (Wildman–Crippen LogP) is 3.33. The summed E-state index contributed by atoms with van der Waals surface area (Å²) in [6, 6.07) is 6.60. The fraction of sp³-hybridized carbons (Fsp3) is 0.364. The second kappa shape index (κ2) is 5.81. The Kier molecular flexibility index (Phi) is 4.89. The zero-order valence-electron chi connectivity index (χ0n) is 10.2. The van der Waals surface area contributed by atoms with Crippen molar-refractivity contribution in [1.29, 1.82) is 0 Å². The average molecular weight is 336 g/mol. The predicted molar refractivity (Wildman–Crippen MR) is 73.6 cm³/mol. The second-order valence-corrected chi connectivity index (χ2v) is 6.14. The van der Waals surface area contributed by atoms with Gasteiger partial charge in [-0.25, -0.2) is 9.00 Å². The Bertz CT molecular complexity index is 472. The zero-order chi connectivity index (χ0) is 13.9. The summed E-state index contributed by atoms with van der Waals surface area (Å²) in [4.78, 5) is 11.9. The summed E-state index contributed by atoms with van der Waals surface area (Å²) in [5.41, 5.74) is -0.469. The molecule has 7 heteroatoms. The number of amides is 1. The van der Waals surface area contributed by atoms with Crippen LogP contribution in [0.25, 0.3) is 0 Å². The number of rotatable bonds is 2. The molecule has 0 spiro atoms. The van der Waals surface area contributed by atoms with Crippen LogP contribution in [0, 0.1) is 0 Å². The van der Waals surface area contributed by atoms with Gasteiger partial charge in [-0.15, -0.1) is 0 Å². The third-order valence-electron chi connectivity index (χ3n) is 1.79. The van der Waals surface area contributed by atoms with Crippen molar-refractivity contribution < 1.29 is 18.3 Å². The first-order valence-corrected chi connectivity index (χ1v) is 6.96. The van der Waals surface area contributed by atoms with Gasteiger partial charge in [0.25, 0.3) is 11.3 Å². The molecule has 1 atom stereocenters. The van der Waals surface area contributed by atoms with Crippen molar-refractivity contribution >= 4 is 39.0 Å². The van der Waals surface area contributed by atoms with Crippen molar-refractivity contribution in [3.63, 3.8) is 0 Å². The minimum absolute atomic E-state index is 0.271. The number of hydrogen-bond donors (Lipinski definition) is 1. The fourth-order valence-corrected chi connectivity index (χ4v) is 2.24. The lowest BCUT2D eigenvalue weighted by atomic mass is 10.2. The quantitative estimate of drug-likeness (QED) is 0.842. The first-order valence-electron chi connectivity index (χ1n) is 5.11. The van der Waals surface area contributed by atoms with E-state index in [1.807, 2.05) is 0 Å². The number of carbonyl (C=O) groups is 1. The minimum atomic E-state index is -2.50. The first-order chi connectivity index (χ1) is 8.22. The van der Waals surface area contributed by atoms with Gasteiger partial charge in [-0.1, -0.05) is 12.1 Å². The lowest BCUT2D eigenvalue weighted by Crippen LogP contribution is -2.38. The molecule has 1 unspecified atom stereocenters. The van der Waals surface area contributed by atoms with Crippen LogP contribution in [-0.4, -0.2) is 20.5 Å². The molecule has 0 bridgehead atoms. The second-order valence-electron chi connectivity index (χ2n) is 4.46. The Morgan fingerprint density at radius 1 is 1.39 bits per heavy atom. The summed E-state index contributed by atoms with van der Waals surface area (Å²) in [6.07, 6.45) is -0.879. The van der Waals surface area contributed by atoms with Gasteiger partial charge in [-0.05, 0) is 48.8 Å². The highest BCUT2D eigenvalue weighted by Gasteiger charge is 2.28. The van der Waals surface area contributed by atoms with Gasteiger partial charge >= 0.3 is 6.09 Å². The van der Waals surface area contributed by atoms with E-state index in [2.05, 4.69) is 15.9 Å². The van der Waals surface area contributed by atoms with Crippen LogP contribution in [0.4, 0.5) is 10.5 Å². The lowest BCUT2D eigenvalue weighted by molar-refractivity contribution is 0.0608. The number of ether oxygens (including phenoxy) is 1. The van der Waals surface area contributed by atoms with Gasteiger partial charge in [0.15, 0.2) is 0 Å². The Morgan fingerprint density at radius 3 is 2.39 bits per heavy atom. The molecule has 1 N–H and O–H groups in total. The molecule has 0 aliphatic heterocycles. The number of benzene rings is 1.